The van der Waals surface area contributed by atoms with Gasteiger partial charge in [0.05, 0.1) is 21.8 Å². The molecule has 5 heteroatoms. The summed E-state index contributed by atoms with van der Waals surface area (Å²) in [7, 11) is 0. The molecule has 3 rings (SSSR count). The van der Waals surface area contributed by atoms with Crippen LogP contribution in [0.4, 0.5) is 5.69 Å². The van der Waals surface area contributed by atoms with Gasteiger partial charge in [-0.1, -0.05) is 71.4 Å². The summed E-state index contributed by atoms with van der Waals surface area (Å²) >= 11 is 14.0. The Morgan fingerprint density at radius 1 is 1.05 bits per heavy atom. The van der Waals surface area contributed by atoms with Crippen LogP contribution >= 0.6 is 35.0 Å². The topological polar surface area (TPSA) is 24.4 Å². The number of para-hydroxylation sites is 1. The van der Waals surface area contributed by atoms with Crippen molar-refractivity contribution < 1.29 is 0 Å². The normalized spacial score (nSPS) is 17.6. The zero-order valence-electron chi connectivity index (χ0n) is 11.2. The number of halogens is 2. The maximum atomic E-state index is 6.16. The van der Waals surface area contributed by atoms with E-state index in [1.807, 2.05) is 24.3 Å². The van der Waals surface area contributed by atoms with E-state index >= 15 is 0 Å². The van der Waals surface area contributed by atoms with Crippen molar-refractivity contribution >= 4 is 45.8 Å². The van der Waals surface area contributed by atoms with Crippen molar-refractivity contribution in [2.45, 2.75) is 12.5 Å². The number of rotatable bonds is 3. The van der Waals surface area contributed by atoms with Gasteiger partial charge < -0.3 is 5.32 Å². The number of benzene rings is 2. The Hall–Kier alpha value is -1.16. The molecule has 2 aromatic carbocycles. The highest BCUT2D eigenvalue weighted by Gasteiger charge is 2.20. The van der Waals surface area contributed by atoms with Crippen molar-refractivity contribution in [1.29, 1.82) is 0 Å². The number of nitrogens with zero attached hydrogens (tertiary/aromatic N) is 1. The monoisotopic (exact) mass is 336 g/mol. The minimum Gasteiger partial charge on any atom is -0.333 e. The fourth-order valence-electron chi connectivity index (χ4n) is 2.20. The average molecular weight is 337 g/mol. The largest absolute Gasteiger partial charge is 0.333 e. The van der Waals surface area contributed by atoms with Crippen LogP contribution in [0.15, 0.2) is 53.5 Å². The lowest BCUT2D eigenvalue weighted by Crippen LogP contribution is -2.08. The first-order valence-corrected chi connectivity index (χ1v) is 8.42. The summed E-state index contributed by atoms with van der Waals surface area (Å²) in [5, 5.41) is 5.34. The summed E-state index contributed by atoms with van der Waals surface area (Å²) in [6, 6.07) is 16.2. The van der Waals surface area contributed by atoms with Crippen LogP contribution in [0.3, 0.4) is 0 Å². The van der Waals surface area contributed by atoms with Gasteiger partial charge in [-0.2, -0.15) is 0 Å². The van der Waals surface area contributed by atoms with Gasteiger partial charge in [-0.25, -0.2) is 0 Å². The number of hydrogen-bond acceptors (Lipinski definition) is 3. The predicted molar refractivity (Wildman–Crippen MR) is 93.9 cm³/mol. The molecule has 0 saturated carbocycles. The third-order valence-corrected chi connectivity index (χ3v) is 4.88. The fraction of sp³-hybridized carbons (Fsp3) is 0.188. The molecular weight excluding hydrogens is 323 g/mol. The third kappa shape index (κ3) is 3.73. The molecule has 21 heavy (non-hydrogen) atoms. The molecule has 1 N–H and O–H groups in total. The summed E-state index contributed by atoms with van der Waals surface area (Å²) in [5.41, 5.74) is 2.04. The van der Waals surface area contributed by atoms with Crippen LogP contribution in [0.25, 0.3) is 0 Å². The van der Waals surface area contributed by atoms with E-state index in [4.69, 9.17) is 28.2 Å². The molecule has 1 unspecified atom stereocenters. The lowest BCUT2D eigenvalue weighted by atomic mass is 10.1. The first-order valence-electron chi connectivity index (χ1n) is 6.68. The fourth-order valence-corrected chi connectivity index (χ4v) is 3.63. The summed E-state index contributed by atoms with van der Waals surface area (Å²) < 4.78 is 0. The van der Waals surface area contributed by atoms with E-state index in [-0.39, 0.29) is 0 Å². The van der Waals surface area contributed by atoms with Crippen LogP contribution in [0, 0.1) is 0 Å². The quantitative estimate of drug-likeness (QED) is 0.841. The number of nitrogens with one attached hydrogen (secondary N) is 1. The van der Waals surface area contributed by atoms with E-state index in [0.29, 0.717) is 16.1 Å². The summed E-state index contributed by atoms with van der Waals surface area (Å²) in [6.45, 7) is 0. The molecule has 0 aliphatic carbocycles. The van der Waals surface area contributed by atoms with Crippen molar-refractivity contribution in [3.8, 4) is 0 Å². The Morgan fingerprint density at radius 3 is 2.48 bits per heavy atom. The minimum absolute atomic E-state index is 0.293. The maximum Gasteiger partial charge on any atom is 0.161 e. The number of amidine groups is 1. The number of hydrogen-bond donors (Lipinski definition) is 1. The van der Waals surface area contributed by atoms with Crippen LogP contribution in [-0.4, -0.2) is 17.0 Å². The molecule has 2 nitrogen and oxygen atoms in total. The Labute approximate surface area is 138 Å². The Balaban J connectivity index is 1.69. The van der Waals surface area contributed by atoms with Crippen molar-refractivity contribution in [1.82, 2.24) is 0 Å². The third-order valence-electron chi connectivity index (χ3n) is 3.22. The molecule has 1 atom stereocenters. The van der Waals surface area contributed by atoms with Gasteiger partial charge in [0.15, 0.2) is 5.17 Å². The molecule has 2 aromatic rings. The van der Waals surface area contributed by atoms with E-state index in [1.54, 1.807) is 11.8 Å². The van der Waals surface area contributed by atoms with Crippen molar-refractivity contribution in [3.63, 3.8) is 0 Å². The van der Waals surface area contributed by atoms with Crippen molar-refractivity contribution in [2.75, 3.05) is 11.1 Å². The van der Waals surface area contributed by atoms with Gasteiger partial charge in [0.2, 0.25) is 0 Å². The van der Waals surface area contributed by atoms with Crippen LogP contribution in [0.1, 0.15) is 5.56 Å². The molecule has 0 fully saturated rings. The first-order chi connectivity index (χ1) is 10.2. The van der Waals surface area contributed by atoms with Gasteiger partial charge >= 0.3 is 0 Å². The molecule has 1 aliphatic heterocycles. The molecular formula is C16H14Cl2N2S. The standard InChI is InChI=1S/C16H14Cl2N2S/c17-13-7-4-8-14(18)15(13)20-16-19-12(10-21-16)9-11-5-2-1-3-6-11/h1-8,12H,9-10H2,(H,19,20). The van der Waals surface area contributed by atoms with Crippen molar-refractivity contribution in [3.05, 3.63) is 64.1 Å². The molecule has 0 spiro atoms. The molecule has 0 aromatic heterocycles. The first kappa shape index (κ1) is 14.8. The maximum absolute atomic E-state index is 6.16. The molecule has 0 radical (unpaired) electrons. The minimum atomic E-state index is 0.293. The van der Waals surface area contributed by atoms with Gasteiger partial charge in [0, 0.05) is 5.75 Å². The van der Waals surface area contributed by atoms with Gasteiger partial charge in [-0.05, 0) is 24.1 Å². The zero-order valence-corrected chi connectivity index (χ0v) is 13.6. The van der Waals surface area contributed by atoms with E-state index in [9.17, 15) is 0 Å². The Kier molecular flexibility index (Phi) is 4.73. The molecule has 0 saturated heterocycles. The van der Waals surface area contributed by atoms with E-state index in [0.717, 1.165) is 23.0 Å². The summed E-state index contributed by atoms with van der Waals surface area (Å²) in [4.78, 5) is 4.71. The highest BCUT2D eigenvalue weighted by atomic mass is 35.5. The van der Waals surface area contributed by atoms with E-state index in [2.05, 4.69) is 29.6 Å². The molecule has 1 heterocycles. The molecule has 1 aliphatic rings. The summed E-state index contributed by atoms with van der Waals surface area (Å²) in [5.74, 6) is 0.972. The van der Waals surface area contributed by atoms with Crippen LogP contribution in [0.5, 0.6) is 0 Å². The van der Waals surface area contributed by atoms with Gasteiger partial charge in [-0.3, -0.25) is 4.99 Å². The van der Waals surface area contributed by atoms with Crippen LogP contribution in [-0.2, 0) is 6.42 Å². The summed E-state index contributed by atoms with van der Waals surface area (Å²) in [6.07, 6.45) is 0.954. The predicted octanol–water partition coefficient (Wildman–Crippen LogP) is 5.12. The SMILES string of the molecule is Clc1cccc(Cl)c1NC1=NC(Cc2ccccc2)CS1. The highest BCUT2D eigenvalue weighted by molar-refractivity contribution is 8.14. The zero-order chi connectivity index (χ0) is 14.7. The molecule has 0 bridgehead atoms. The highest BCUT2D eigenvalue weighted by Crippen LogP contribution is 2.32. The Morgan fingerprint density at radius 2 is 1.76 bits per heavy atom. The van der Waals surface area contributed by atoms with E-state index < -0.39 is 0 Å². The second-order valence-corrected chi connectivity index (χ2v) is 6.63. The smallest absolute Gasteiger partial charge is 0.161 e. The second-order valence-electron chi connectivity index (χ2n) is 4.81. The lowest BCUT2D eigenvalue weighted by Gasteiger charge is -2.08. The van der Waals surface area contributed by atoms with Crippen LogP contribution in [0.2, 0.25) is 10.0 Å². The van der Waals surface area contributed by atoms with Crippen molar-refractivity contribution in [2.24, 2.45) is 4.99 Å². The molecule has 0 amide bonds. The van der Waals surface area contributed by atoms with E-state index in [1.165, 1.54) is 5.56 Å². The van der Waals surface area contributed by atoms with Gasteiger partial charge in [0.25, 0.3) is 0 Å². The number of aliphatic imine (C=N–C) groups is 1. The number of anilines is 1. The average Bonchev–Trinajstić information content (AvgIpc) is 2.91. The van der Waals surface area contributed by atoms with Gasteiger partial charge in [0.1, 0.15) is 0 Å². The second kappa shape index (κ2) is 6.73. The Bertz CT molecular complexity index is 638. The lowest BCUT2D eigenvalue weighted by molar-refractivity contribution is 0.762. The molecule has 108 valence electrons. The van der Waals surface area contributed by atoms with Gasteiger partial charge in [-0.15, -0.1) is 0 Å². The van der Waals surface area contributed by atoms with Crippen LogP contribution < -0.4 is 5.32 Å². The number of thioether (sulfide) groups is 1.